The Morgan fingerprint density at radius 3 is 2.78 bits per heavy atom. The van der Waals surface area contributed by atoms with E-state index in [0.29, 0.717) is 12.1 Å². The number of hydrogen-bond donors (Lipinski definition) is 0. The molecule has 2 amide bonds. The molecule has 0 N–H and O–H groups in total. The molecule has 5 heteroatoms. The first-order chi connectivity index (χ1) is 13.0. The fourth-order valence-corrected chi connectivity index (χ4v) is 4.12. The summed E-state index contributed by atoms with van der Waals surface area (Å²) in [5, 5.41) is 0. The molecule has 0 spiro atoms. The second-order valence-corrected chi connectivity index (χ2v) is 7.50. The number of amides is 2. The minimum absolute atomic E-state index is 0.0226. The SMILES string of the molecule is CN(Cc1ccccc1F)C(=O)[C@@H]1CC(=O)N(c2ccc3c(c2)CCC3)C1. The molecule has 0 saturated carbocycles. The van der Waals surface area contributed by atoms with Gasteiger partial charge in [-0.05, 0) is 48.6 Å². The molecule has 0 bridgehead atoms. The second kappa shape index (κ2) is 7.14. The maximum absolute atomic E-state index is 13.8. The van der Waals surface area contributed by atoms with Crippen LogP contribution in [0.25, 0.3) is 0 Å². The van der Waals surface area contributed by atoms with Gasteiger partial charge in [-0.3, -0.25) is 9.59 Å². The van der Waals surface area contributed by atoms with Crippen molar-refractivity contribution in [1.82, 2.24) is 4.90 Å². The highest BCUT2D eigenvalue weighted by atomic mass is 19.1. The van der Waals surface area contributed by atoms with Crippen LogP contribution < -0.4 is 4.90 Å². The lowest BCUT2D eigenvalue weighted by molar-refractivity contribution is -0.135. The molecule has 1 heterocycles. The second-order valence-electron chi connectivity index (χ2n) is 7.50. The molecule has 4 nitrogen and oxygen atoms in total. The van der Waals surface area contributed by atoms with Crippen molar-refractivity contribution in [1.29, 1.82) is 0 Å². The third-order valence-corrected chi connectivity index (χ3v) is 5.61. The van der Waals surface area contributed by atoms with Gasteiger partial charge < -0.3 is 9.80 Å². The summed E-state index contributed by atoms with van der Waals surface area (Å²) in [7, 11) is 1.66. The quantitative estimate of drug-likeness (QED) is 0.833. The summed E-state index contributed by atoms with van der Waals surface area (Å²) in [4.78, 5) is 28.6. The topological polar surface area (TPSA) is 40.6 Å². The van der Waals surface area contributed by atoms with Gasteiger partial charge in [0.1, 0.15) is 5.82 Å². The molecule has 0 radical (unpaired) electrons. The summed E-state index contributed by atoms with van der Waals surface area (Å²) in [6.07, 6.45) is 3.52. The molecule has 0 unspecified atom stereocenters. The van der Waals surface area contributed by atoms with E-state index in [4.69, 9.17) is 0 Å². The summed E-state index contributed by atoms with van der Waals surface area (Å²) in [5.41, 5.74) is 4.04. The Morgan fingerprint density at radius 1 is 1.19 bits per heavy atom. The highest BCUT2D eigenvalue weighted by molar-refractivity contribution is 6.00. The molecule has 2 aromatic carbocycles. The zero-order chi connectivity index (χ0) is 19.0. The van der Waals surface area contributed by atoms with Gasteiger partial charge >= 0.3 is 0 Å². The number of nitrogens with zero attached hydrogens (tertiary/aromatic N) is 2. The Morgan fingerprint density at radius 2 is 1.96 bits per heavy atom. The molecular formula is C22H23FN2O2. The Bertz CT molecular complexity index is 896. The fourth-order valence-electron chi connectivity index (χ4n) is 4.12. The Balaban J connectivity index is 1.45. The van der Waals surface area contributed by atoms with Gasteiger partial charge in [-0.2, -0.15) is 0 Å². The number of carbonyl (C=O) groups excluding carboxylic acids is 2. The summed E-state index contributed by atoms with van der Waals surface area (Å²) in [5.74, 6) is -0.845. The van der Waals surface area contributed by atoms with Gasteiger partial charge in [-0.1, -0.05) is 24.3 Å². The van der Waals surface area contributed by atoms with Gasteiger partial charge in [-0.15, -0.1) is 0 Å². The fraction of sp³-hybridized carbons (Fsp3) is 0.364. The van der Waals surface area contributed by atoms with E-state index in [9.17, 15) is 14.0 Å². The van der Waals surface area contributed by atoms with Crippen molar-refractivity contribution in [3.05, 3.63) is 65.0 Å². The van der Waals surface area contributed by atoms with E-state index in [1.165, 1.54) is 22.1 Å². The Hall–Kier alpha value is -2.69. The van der Waals surface area contributed by atoms with Gasteiger partial charge in [0.05, 0.1) is 5.92 Å². The van der Waals surface area contributed by atoms with Crippen LogP contribution in [0.3, 0.4) is 0 Å². The lowest BCUT2D eigenvalue weighted by Gasteiger charge is -2.22. The van der Waals surface area contributed by atoms with Crippen LogP contribution in [-0.4, -0.2) is 30.3 Å². The molecule has 1 fully saturated rings. The largest absolute Gasteiger partial charge is 0.341 e. The third kappa shape index (κ3) is 3.46. The molecule has 140 valence electrons. The number of aryl methyl sites for hydroxylation is 2. The van der Waals surface area contributed by atoms with Crippen LogP contribution in [-0.2, 0) is 29.0 Å². The molecule has 4 rings (SSSR count). The third-order valence-electron chi connectivity index (χ3n) is 5.61. The zero-order valence-electron chi connectivity index (χ0n) is 15.5. The van der Waals surface area contributed by atoms with Crippen LogP contribution in [0.4, 0.5) is 10.1 Å². The summed E-state index contributed by atoms with van der Waals surface area (Å²) in [6, 6.07) is 12.6. The number of anilines is 1. The molecule has 1 saturated heterocycles. The van der Waals surface area contributed by atoms with Gasteiger partial charge in [-0.25, -0.2) is 4.39 Å². The van der Waals surface area contributed by atoms with E-state index >= 15 is 0 Å². The van der Waals surface area contributed by atoms with E-state index in [1.807, 2.05) is 6.07 Å². The number of hydrogen-bond acceptors (Lipinski definition) is 2. The van der Waals surface area contributed by atoms with Crippen LogP contribution in [0.15, 0.2) is 42.5 Å². The maximum Gasteiger partial charge on any atom is 0.228 e. The van der Waals surface area contributed by atoms with Crippen molar-refractivity contribution >= 4 is 17.5 Å². The molecule has 0 aromatic heterocycles. The van der Waals surface area contributed by atoms with Crippen molar-refractivity contribution in [2.24, 2.45) is 5.92 Å². The van der Waals surface area contributed by atoms with Gasteiger partial charge in [0.25, 0.3) is 0 Å². The van der Waals surface area contributed by atoms with Crippen molar-refractivity contribution in [3.63, 3.8) is 0 Å². The molecular weight excluding hydrogens is 343 g/mol. The highest BCUT2D eigenvalue weighted by Gasteiger charge is 2.36. The number of carbonyl (C=O) groups is 2. The molecule has 1 aliphatic carbocycles. The van der Waals surface area contributed by atoms with Crippen molar-refractivity contribution in [2.45, 2.75) is 32.2 Å². The van der Waals surface area contributed by atoms with Crippen LogP contribution in [0, 0.1) is 11.7 Å². The number of halogens is 1. The van der Waals surface area contributed by atoms with E-state index in [1.54, 1.807) is 30.1 Å². The maximum atomic E-state index is 13.8. The van der Waals surface area contributed by atoms with Crippen LogP contribution in [0.2, 0.25) is 0 Å². The average Bonchev–Trinajstić information content (AvgIpc) is 3.28. The van der Waals surface area contributed by atoms with E-state index < -0.39 is 0 Å². The van der Waals surface area contributed by atoms with E-state index in [0.717, 1.165) is 24.9 Å². The summed E-state index contributed by atoms with van der Waals surface area (Å²) < 4.78 is 13.8. The smallest absolute Gasteiger partial charge is 0.228 e. The highest BCUT2D eigenvalue weighted by Crippen LogP contribution is 2.31. The van der Waals surface area contributed by atoms with Crippen molar-refractivity contribution < 1.29 is 14.0 Å². The average molecular weight is 366 g/mol. The number of rotatable bonds is 4. The summed E-state index contributed by atoms with van der Waals surface area (Å²) >= 11 is 0. The van der Waals surface area contributed by atoms with Crippen molar-refractivity contribution in [3.8, 4) is 0 Å². The minimum atomic E-state index is -0.387. The molecule has 1 atom stereocenters. The molecule has 2 aromatic rings. The van der Waals surface area contributed by atoms with Crippen LogP contribution in [0.5, 0.6) is 0 Å². The minimum Gasteiger partial charge on any atom is -0.341 e. The first kappa shape index (κ1) is 17.7. The number of benzene rings is 2. The Kier molecular flexibility index (Phi) is 4.68. The van der Waals surface area contributed by atoms with Gasteiger partial charge in [0.2, 0.25) is 11.8 Å². The Labute approximate surface area is 158 Å². The standard InChI is InChI=1S/C22H23FN2O2/c1-24(13-17-5-2-3-8-20(17)23)22(27)18-12-21(26)25(14-18)19-10-9-15-6-4-7-16(15)11-19/h2-3,5,8-11,18H,4,6-7,12-14H2,1H3/t18-/m1/s1. The van der Waals surface area contributed by atoms with E-state index in [2.05, 4.69) is 12.1 Å². The predicted octanol–water partition coefficient (Wildman–Crippen LogP) is 3.33. The number of fused-ring (bicyclic) bond motifs is 1. The molecule has 1 aliphatic heterocycles. The van der Waals surface area contributed by atoms with E-state index in [-0.39, 0.29) is 36.5 Å². The van der Waals surface area contributed by atoms with Gasteiger partial charge in [0.15, 0.2) is 0 Å². The lowest BCUT2D eigenvalue weighted by atomic mass is 10.1. The van der Waals surface area contributed by atoms with Crippen LogP contribution >= 0.6 is 0 Å². The molecule has 27 heavy (non-hydrogen) atoms. The first-order valence-corrected chi connectivity index (χ1v) is 9.43. The van der Waals surface area contributed by atoms with Crippen molar-refractivity contribution in [2.75, 3.05) is 18.5 Å². The predicted molar refractivity (Wildman–Crippen MR) is 102 cm³/mol. The zero-order valence-corrected chi connectivity index (χ0v) is 15.5. The van der Waals surface area contributed by atoms with Gasteiger partial charge in [0, 0.05) is 37.8 Å². The lowest BCUT2D eigenvalue weighted by Crippen LogP contribution is -2.34. The molecule has 2 aliphatic rings. The normalized spacial score (nSPS) is 18.7. The van der Waals surface area contributed by atoms with Crippen LogP contribution in [0.1, 0.15) is 29.5 Å². The monoisotopic (exact) mass is 366 g/mol. The summed E-state index contributed by atoms with van der Waals surface area (Å²) in [6.45, 7) is 0.590. The first-order valence-electron chi connectivity index (χ1n) is 9.43.